The predicted molar refractivity (Wildman–Crippen MR) is 82.5 cm³/mol. The first-order valence-electron chi connectivity index (χ1n) is 6.06. The van der Waals surface area contributed by atoms with Crippen LogP contribution in [0.15, 0.2) is 35.2 Å². The first-order valence-corrected chi connectivity index (χ1v) is 7.92. The van der Waals surface area contributed by atoms with Crippen molar-refractivity contribution in [2.75, 3.05) is 10.5 Å². The molecule has 21 heavy (non-hydrogen) atoms. The van der Waals surface area contributed by atoms with Gasteiger partial charge in [-0.15, -0.1) is 0 Å². The second-order valence-electron chi connectivity index (χ2n) is 4.65. The molecule has 0 spiro atoms. The molecule has 0 saturated carbocycles. The van der Waals surface area contributed by atoms with Gasteiger partial charge in [-0.1, -0.05) is 17.7 Å². The molecule has 2 aromatic carbocycles. The molecule has 0 amide bonds. The van der Waals surface area contributed by atoms with Crippen molar-refractivity contribution in [3.63, 3.8) is 0 Å². The van der Waals surface area contributed by atoms with Gasteiger partial charge in [-0.2, -0.15) is 0 Å². The fourth-order valence-electron chi connectivity index (χ4n) is 1.84. The third-order valence-corrected chi connectivity index (χ3v) is 5.02. The summed E-state index contributed by atoms with van der Waals surface area (Å²) >= 11 is 5.84. The number of halogens is 2. The van der Waals surface area contributed by atoms with E-state index in [1.54, 1.807) is 19.1 Å². The summed E-state index contributed by atoms with van der Waals surface area (Å²) in [7, 11) is -4.03. The van der Waals surface area contributed by atoms with Crippen molar-refractivity contribution in [2.45, 2.75) is 18.7 Å². The van der Waals surface area contributed by atoms with Crippen molar-refractivity contribution >= 4 is 33.0 Å². The predicted octanol–water partition coefficient (Wildman–Crippen LogP) is 3.48. The normalized spacial score (nSPS) is 11.4. The van der Waals surface area contributed by atoms with E-state index in [-0.39, 0.29) is 21.3 Å². The number of nitrogens with two attached hydrogens (primary N) is 1. The van der Waals surface area contributed by atoms with Crippen molar-refractivity contribution in [2.24, 2.45) is 0 Å². The third kappa shape index (κ3) is 3.11. The molecule has 2 rings (SSSR count). The number of hydrogen-bond acceptors (Lipinski definition) is 3. The molecule has 0 aromatic heterocycles. The maximum absolute atomic E-state index is 13.3. The molecule has 7 heteroatoms. The summed E-state index contributed by atoms with van der Waals surface area (Å²) in [5.74, 6) is -0.686. The molecule has 0 fully saturated rings. The molecule has 112 valence electrons. The Balaban J connectivity index is 2.53. The van der Waals surface area contributed by atoms with E-state index in [0.29, 0.717) is 5.56 Å². The second-order valence-corrected chi connectivity index (χ2v) is 6.71. The zero-order valence-electron chi connectivity index (χ0n) is 11.4. The van der Waals surface area contributed by atoms with Crippen molar-refractivity contribution in [1.82, 2.24) is 0 Å². The van der Waals surface area contributed by atoms with Gasteiger partial charge in [-0.25, -0.2) is 12.8 Å². The smallest absolute Gasteiger partial charge is 0.263 e. The van der Waals surface area contributed by atoms with E-state index >= 15 is 0 Å². The van der Waals surface area contributed by atoms with Crippen LogP contribution in [-0.2, 0) is 10.0 Å². The van der Waals surface area contributed by atoms with Crippen LogP contribution in [0.25, 0.3) is 0 Å². The Morgan fingerprint density at radius 3 is 2.52 bits per heavy atom. The molecule has 0 aliphatic heterocycles. The van der Waals surface area contributed by atoms with Crippen LogP contribution in [-0.4, -0.2) is 8.42 Å². The zero-order valence-corrected chi connectivity index (χ0v) is 13.0. The highest BCUT2D eigenvalue weighted by molar-refractivity contribution is 7.92. The quantitative estimate of drug-likeness (QED) is 0.847. The molecule has 0 heterocycles. The van der Waals surface area contributed by atoms with Crippen molar-refractivity contribution in [3.8, 4) is 0 Å². The molecule has 0 saturated heterocycles. The molecule has 0 aliphatic rings. The van der Waals surface area contributed by atoms with Gasteiger partial charge in [-0.3, -0.25) is 4.72 Å². The number of hydrogen-bond donors (Lipinski definition) is 2. The number of nitrogen functional groups attached to an aromatic ring is 1. The molecule has 0 aliphatic carbocycles. The van der Waals surface area contributed by atoms with Gasteiger partial charge in [0.05, 0.1) is 16.4 Å². The maximum atomic E-state index is 13.3. The average Bonchev–Trinajstić information content (AvgIpc) is 2.42. The lowest BCUT2D eigenvalue weighted by Gasteiger charge is -2.15. The Bertz CT molecular complexity index is 807. The molecular weight excluding hydrogens is 315 g/mol. The summed E-state index contributed by atoms with van der Waals surface area (Å²) in [6.07, 6.45) is 0. The maximum Gasteiger partial charge on any atom is 0.263 e. The van der Waals surface area contributed by atoms with E-state index in [4.69, 9.17) is 17.3 Å². The molecule has 0 bridgehead atoms. The first-order chi connectivity index (χ1) is 9.72. The van der Waals surface area contributed by atoms with E-state index in [2.05, 4.69) is 4.72 Å². The van der Waals surface area contributed by atoms with E-state index < -0.39 is 15.8 Å². The third-order valence-electron chi connectivity index (χ3n) is 3.19. The number of rotatable bonds is 3. The monoisotopic (exact) mass is 328 g/mol. The number of sulfonamides is 1. The summed E-state index contributed by atoms with van der Waals surface area (Å²) in [6.45, 7) is 3.58. The first kappa shape index (κ1) is 15.6. The van der Waals surface area contributed by atoms with E-state index in [1.807, 2.05) is 6.92 Å². The van der Waals surface area contributed by atoms with Crippen LogP contribution in [0.3, 0.4) is 0 Å². The largest absolute Gasteiger partial charge is 0.397 e. The van der Waals surface area contributed by atoms with Crippen LogP contribution in [0.2, 0.25) is 5.02 Å². The van der Waals surface area contributed by atoms with Crippen LogP contribution in [0.5, 0.6) is 0 Å². The van der Waals surface area contributed by atoms with Gasteiger partial charge in [0, 0.05) is 0 Å². The number of anilines is 2. The summed E-state index contributed by atoms with van der Waals surface area (Å²) < 4.78 is 40.4. The minimum atomic E-state index is -4.03. The second kappa shape index (κ2) is 5.54. The minimum absolute atomic E-state index is 0.0622. The summed E-state index contributed by atoms with van der Waals surface area (Å²) in [6, 6.07) is 6.54. The Morgan fingerprint density at radius 1 is 1.19 bits per heavy atom. The highest BCUT2D eigenvalue weighted by Crippen LogP contribution is 2.30. The summed E-state index contributed by atoms with van der Waals surface area (Å²) in [5, 5.41) is -0.0622. The van der Waals surface area contributed by atoms with Gasteiger partial charge >= 0.3 is 0 Å². The van der Waals surface area contributed by atoms with Gasteiger partial charge in [0.1, 0.15) is 10.7 Å². The van der Waals surface area contributed by atoms with E-state index in [9.17, 15) is 12.8 Å². The summed E-state index contributed by atoms with van der Waals surface area (Å²) in [5.41, 5.74) is 7.95. The summed E-state index contributed by atoms with van der Waals surface area (Å²) in [4.78, 5) is -0.329. The van der Waals surface area contributed by atoms with Crippen LogP contribution in [0.4, 0.5) is 15.8 Å². The lowest BCUT2D eigenvalue weighted by molar-refractivity contribution is 0.595. The van der Waals surface area contributed by atoms with Crippen LogP contribution in [0.1, 0.15) is 11.1 Å². The van der Waals surface area contributed by atoms with Crippen molar-refractivity contribution in [1.29, 1.82) is 0 Å². The van der Waals surface area contributed by atoms with Crippen molar-refractivity contribution in [3.05, 3.63) is 52.3 Å². The average molecular weight is 329 g/mol. The van der Waals surface area contributed by atoms with Gasteiger partial charge in [0.25, 0.3) is 10.0 Å². The van der Waals surface area contributed by atoms with E-state index in [1.165, 1.54) is 6.07 Å². The van der Waals surface area contributed by atoms with E-state index in [0.717, 1.165) is 17.7 Å². The molecule has 0 atom stereocenters. The lowest BCUT2D eigenvalue weighted by Crippen LogP contribution is -2.16. The zero-order chi connectivity index (χ0) is 15.8. The van der Waals surface area contributed by atoms with Gasteiger partial charge in [0.15, 0.2) is 0 Å². The molecule has 0 unspecified atom stereocenters. The topological polar surface area (TPSA) is 72.2 Å². The van der Waals surface area contributed by atoms with Gasteiger partial charge < -0.3 is 5.73 Å². The molecule has 3 N–H and O–H groups in total. The SMILES string of the molecule is Cc1ccc(N)c(NS(=O)(=O)c2cc(F)ccc2Cl)c1C. The highest BCUT2D eigenvalue weighted by Gasteiger charge is 2.21. The standard InChI is InChI=1S/C14H14ClFN2O2S/c1-8-3-6-12(17)14(9(8)2)18-21(19,20)13-7-10(16)4-5-11(13)15/h3-7,18H,17H2,1-2H3. The lowest BCUT2D eigenvalue weighted by atomic mass is 10.1. The Kier molecular flexibility index (Phi) is 4.11. The van der Waals surface area contributed by atoms with Crippen molar-refractivity contribution < 1.29 is 12.8 Å². The van der Waals surface area contributed by atoms with Crippen LogP contribution < -0.4 is 10.5 Å². The molecule has 2 aromatic rings. The molecule has 4 nitrogen and oxygen atoms in total. The Hall–Kier alpha value is -1.79. The van der Waals surface area contributed by atoms with Crippen LogP contribution in [0, 0.1) is 19.7 Å². The number of aryl methyl sites for hydroxylation is 1. The fourth-order valence-corrected chi connectivity index (χ4v) is 3.51. The van der Waals surface area contributed by atoms with Gasteiger partial charge in [-0.05, 0) is 49.2 Å². The molecule has 0 radical (unpaired) electrons. The minimum Gasteiger partial charge on any atom is -0.397 e. The number of benzene rings is 2. The van der Waals surface area contributed by atoms with Crippen LogP contribution >= 0.6 is 11.6 Å². The number of nitrogens with one attached hydrogen (secondary N) is 1. The Morgan fingerprint density at radius 2 is 1.86 bits per heavy atom. The fraction of sp³-hybridized carbons (Fsp3) is 0.143. The molecular formula is C14H14ClFN2O2S. The highest BCUT2D eigenvalue weighted by atomic mass is 35.5. The van der Waals surface area contributed by atoms with Gasteiger partial charge in [0.2, 0.25) is 0 Å². The Labute approximate surface area is 127 Å².